The van der Waals surface area contributed by atoms with E-state index in [4.69, 9.17) is 4.70 Å². The summed E-state index contributed by atoms with van der Waals surface area (Å²) in [5.41, 5.74) is 0. The normalized spacial score (nSPS) is 32.1. The fourth-order valence-corrected chi connectivity index (χ4v) is 1.98. The van der Waals surface area contributed by atoms with Crippen LogP contribution in [0.15, 0.2) is 0 Å². The number of rotatable bonds is 0. The van der Waals surface area contributed by atoms with E-state index in [0.717, 1.165) is 32.3 Å². The first kappa shape index (κ1) is 10.9. The molecule has 2 bridgehead atoms. The van der Waals surface area contributed by atoms with Gasteiger partial charge in [0.1, 0.15) is 0 Å². The molecule has 2 heterocycles. The first-order valence-corrected chi connectivity index (χ1v) is 5.16. The van der Waals surface area contributed by atoms with Crippen molar-refractivity contribution in [3.8, 4) is 0 Å². The van der Waals surface area contributed by atoms with Crippen LogP contribution in [-0.4, -0.2) is 32.3 Å². The number of hydrogen-bond acceptors (Lipinski definition) is 2. The quantitative estimate of drug-likeness (QED) is 0.573. The van der Waals surface area contributed by atoms with Crippen molar-refractivity contribution in [3.63, 3.8) is 0 Å². The van der Waals surface area contributed by atoms with Crippen LogP contribution in [0.3, 0.4) is 0 Å². The Morgan fingerprint density at radius 3 is 2.77 bits per heavy atom. The first-order valence-electron chi connectivity index (χ1n) is 5.16. The number of hydrogen-bond donors (Lipinski definition) is 1. The van der Waals surface area contributed by atoms with Crippen LogP contribution in [0.4, 0.5) is 0 Å². The van der Waals surface area contributed by atoms with Crippen molar-refractivity contribution in [1.29, 1.82) is 0 Å². The van der Waals surface area contributed by atoms with Crippen molar-refractivity contribution < 1.29 is 4.70 Å². The Balaban J connectivity index is 0.000000251. The molecule has 2 saturated heterocycles. The number of fused-ring (bicyclic) bond motifs is 2. The van der Waals surface area contributed by atoms with Gasteiger partial charge in [-0.05, 0) is 18.9 Å². The van der Waals surface area contributed by atoms with Crippen molar-refractivity contribution in [1.82, 2.24) is 5.32 Å². The third kappa shape index (κ3) is 4.01. The average Bonchev–Trinajstić information content (AvgIpc) is 2.29. The molecule has 0 saturated carbocycles. The van der Waals surface area contributed by atoms with Gasteiger partial charge in [0.25, 0.3) is 0 Å². The topological polar surface area (TPSA) is 43.2 Å². The van der Waals surface area contributed by atoms with Crippen molar-refractivity contribution in [2.24, 2.45) is 0 Å². The summed E-state index contributed by atoms with van der Waals surface area (Å²) in [6, 6.07) is 1.52. The summed E-state index contributed by atoms with van der Waals surface area (Å²) in [5, 5.41) is 8.07. The van der Waals surface area contributed by atoms with E-state index in [2.05, 4.69) is 10.6 Å². The second kappa shape index (κ2) is 6.27. The second-order valence-electron chi connectivity index (χ2n) is 3.65. The predicted octanol–water partition coefficient (Wildman–Crippen LogP) is 1.36. The van der Waals surface area contributed by atoms with Crippen LogP contribution in [0, 0.1) is 0 Å². The molecule has 1 N–H and O–H groups in total. The van der Waals surface area contributed by atoms with E-state index in [0.29, 0.717) is 0 Å². The maximum atomic E-state index is 8.81. The fraction of sp³-hybridized carbons (Fsp3) is 1.00. The van der Waals surface area contributed by atoms with Gasteiger partial charge in [0, 0.05) is 6.04 Å². The van der Waals surface area contributed by atoms with Crippen LogP contribution in [-0.2, 0) is 4.70 Å². The van der Waals surface area contributed by atoms with E-state index in [9.17, 15) is 0 Å². The van der Waals surface area contributed by atoms with Crippen LogP contribution in [0.5, 0.6) is 0 Å². The Labute approximate surface area is 80.9 Å². The van der Waals surface area contributed by atoms with Gasteiger partial charge in [0.05, 0.1) is 0 Å². The Hall–Kier alpha value is -0.215. The number of piperidine rings is 1. The molecule has 74 valence electrons. The van der Waals surface area contributed by atoms with Gasteiger partial charge >= 0.3 is 18.7 Å². The standard InChI is InChI=1S/C8H15N2.CH3BO/c1-2-7-4-5-9-6-8(3-1)10-7;1-2-3/h7-8,10H,1-6H2;1H3/q-1;. The molecule has 0 radical (unpaired) electrons. The first-order chi connectivity index (χ1) is 6.36. The average molecular weight is 181 g/mol. The predicted molar refractivity (Wildman–Crippen MR) is 54.6 cm³/mol. The van der Waals surface area contributed by atoms with Crippen molar-refractivity contribution in [2.75, 3.05) is 13.1 Å². The zero-order valence-corrected chi connectivity index (χ0v) is 8.33. The molecule has 0 spiro atoms. The van der Waals surface area contributed by atoms with Gasteiger partial charge in [-0.25, -0.2) is 0 Å². The van der Waals surface area contributed by atoms with Crippen LogP contribution >= 0.6 is 0 Å². The van der Waals surface area contributed by atoms with Gasteiger partial charge < -0.3 is 10.6 Å². The molecule has 2 unspecified atom stereocenters. The van der Waals surface area contributed by atoms with Crippen LogP contribution < -0.4 is 5.32 Å². The molecule has 2 aliphatic rings. The summed E-state index contributed by atoms with van der Waals surface area (Å²) < 4.78 is 8.81. The molecule has 0 aromatic carbocycles. The molecule has 0 aromatic heterocycles. The van der Waals surface area contributed by atoms with Crippen LogP contribution in [0.2, 0.25) is 6.82 Å². The number of nitrogens with one attached hydrogen (secondary N) is 1. The van der Waals surface area contributed by atoms with E-state index < -0.39 is 0 Å². The molecule has 0 amide bonds. The maximum absolute atomic E-state index is 8.81. The second-order valence-corrected chi connectivity index (χ2v) is 3.65. The molecular weight excluding hydrogens is 163 g/mol. The third-order valence-corrected chi connectivity index (χ3v) is 2.56. The summed E-state index contributed by atoms with van der Waals surface area (Å²) in [7, 11) is 0.750. The molecule has 0 aliphatic carbocycles. The Bertz CT molecular complexity index is 143. The van der Waals surface area contributed by atoms with E-state index in [1.807, 2.05) is 0 Å². The van der Waals surface area contributed by atoms with Crippen molar-refractivity contribution in [2.45, 2.75) is 44.6 Å². The molecule has 0 aromatic rings. The third-order valence-electron chi connectivity index (χ3n) is 2.56. The van der Waals surface area contributed by atoms with E-state index in [1.54, 1.807) is 0 Å². The SMILES string of the molecule is C1CC2CC[N-]CC(C1)N2.CB=O. The van der Waals surface area contributed by atoms with Gasteiger partial charge in [0.2, 0.25) is 0 Å². The van der Waals surface area contributed by atoms with E-state index >= 15 is 0 Å². The van der Waals surface area contributed by atoms with Crippen LogP contribution in [0.25, 0.3) is 5.32 Å². The van der Waals surface area contributed by atoms with E-state index in [1.165, 1.54) is 32.5 Å². The van der Waals surface area contributed by atoms with Gasteiger partial charge in [-0.1, -0.05) is 12.8 Å². The van der Waals surface area contributed by atoms with Crippen molar-refractivity contribution >= 4 is 7.15 Å². The summed E-state index contributed by atoms with van der Waals surface area (Å²) in [5.74, 6) is 0. The van der Waals surface area contributed by atoms with Gasteiger partial charge in [-0.2, -0.15) is 0 Å². The Morgan fingerprint density at radius 1 is 1.31 bits per heavy atom. The molecule has 3 nitrogen and oxygen atoms in total. The molecule has 13 heavy (non-hydrogen) atoms. The monoisotopic (exact) mass is 181 g/mol. The van der Waals surface area contributed by atoms with E-state index in [-0.39, 0.29) is 0 Å². The molecule has 2 rings (SSSR count). The summed E-state index contributed by atoms with van der Waals surface area (Å²) in [6.45, 7) is 3.60. The Morgan fingerprint density at radius 2 is 2.00 bits per heavy atom. The summed E-state index contributed by atoms with van der Waals surface area (Å²) >= 11 is 0. The summed E-state index contributed by atoms with van der Waals surface area (Å²) in [4.78, 5) is 0. The molecule has 2 aliphatic heterocycles. The molecule has 2 fully saturated rings. The van der Waals surface area contributed by atoms with Crippen molar-refractivity contribution in [3.05, 3.63) is 5.32 Å². The van der Waals surface area contributed by atoms with Gasteiger partial charge in [-0.3, -0.25) is 0 Å². The molecule has 2 atom stereocenters. The number of nitrogens with zero attached hydrogens (tertiary/aromatic N) is 1. The molecular formula is C9H18BN2O-. The summed E-state index contributed by atoms with van der Waals surface area (Å²) in [6.07, 6.45) is 5.42. The fourth-order valence-electron chi connectivity index (χ4n) is 1.98. The van der Waals surface area contributed by atoms with Crippen LogP contribution in [0.1, 0.15) is 25.7 Å². The Kier molecular flexibility index (Phi) is 5.24. The molecule has 4 heteroatoms. The zero-order chi connectivity index (χ0) is 9.52. The van der Waals surface area contributed by atoms with Gasteiger partial charge in [-0.15, -0.1) is 13.1 Å². The minimum atomic E-state index is 0.723. The zero-order valence-electron chi connectivity index (χ0n) is 8.33. The van der Waals surface area contributed by atoms with Gasteiger partial charge in [0.15, 0.2) is 0 Å². The minimum absolute atomic E-state index is 0.723.